The molecule has 6 nitrogen and oxygen atoms in total. The van der Waals surface area contributed by atoms with Crippen LogP contribution in [0.15, 0.2) is 78.9 Å². The number of rotatable bonds is 10. The maximum absolute atomic E-state index is 13.0. The first-order valence-electron chi connectivity index (χ1n) is 11.2. The summed E-state index contributed by atoms with van der Waals surface area (Å²) in [7, 11) is 0. The molecule has 0 saturated carbocycles. The Kier molecular flexibility index (Phi) is 8.47. The molecule has 0 aliphatic heterocycles. The van der Waals surface area contributed by atoms with Gasteiger partial charge < -0.3 is 20.1 Å². The molecule has 3 rings (SSSR count). The molecular formula is C27H30N2O4. The van der Waals surface area contributed by atoms with E-state index in [0.29, 0.717) is 35.7 Å². The molecule has 33 heavy (non-hydrogen) atoms. The fourth-order valence-electron chi connectivity index (χ4n) is 3.27. The minimum absolute atomic E-state index is 0.282. The number of para-hydroxylation sites is 2. The van der Waals surface area contributed by atoms with Gasteiger partial charge in [0.25, 0.3) is 11.8 Å². The molecule has 2 N–H and O–H groups in total. The van der Waals surface area contributed by atoms with Crippen molar-refractivity contribution in [1.82, 2.24) is 0 Å². The molecule has 0 fully saturated rings. The number of benzene rings is 3. The van der Waals surface area contributed by atoms with Gasteiger partial charge in [-0.2, -0.15) is 0 Å². The molecule has 3 aromatic carbocycles. The molecule has 0 heterocycles. The van der Waals surface area contributed by atoms with Crippen molar-refractivity contribution in [3.8, 4) is 11.5 Å². The van der Waals surface area contributed by atoms with Gasteiger partial charge in [-0.1, -0.05) is 56.3 Å². The van der Waals surface area contributed by atoms with E-state index in [-0.39, 0.29) is 11.8 Å². The summed E-state index contributed by atoms with van der Waals surface area (Å²) in [5.41, 5.74) is 1.97. The number of amides is 2. The highest BCUT2D eigenvalue weighted by Gasteiger charge is 2.22. The van der Waals surface area contributed by atoms with Crippen LogP contribution < -0.4 is 20.1 Å². The zero-order chi connectivity index (χ0) is 23.6. The maximum Gasteiger partial charge on any atom is 0.265 e. The predicted octanol–water partition coefficient (Wildman–Crippen LogP) is 5.59. The van der Waals surface area contributed by atoms with E-state index < -0.39 is 12.2 Å². The van der Waals surface area contributed by atoms with Crippen molar-refractivity contribution in [2.75, 3.05) is 10.6 Å². The Morgan fingerprint density at radius 2 is 1.15 bits per heavy atom. The second-order valence-electron chi connectivity index (χ2n) is 7.68. The molecule has 0 aliphatic rings. The van der Waals surface area contributed by atoms with Gasteiger partial charge in [0.05, 0.1) is 11.4 Å². The van der Waals surface area contributed by atoms with Gasteiger partial charge in [0, 0.05) is 0 Å². The van der Waals surface area contributed by atoms with Gasteiger partial charge in [-0.15, -0.1) is 0 Å². The number of carbonyl (C=O) groups excluding carboxylic acids is 2. The first-order valence-corrected chi connectivity index (χ1v) is 11.2. The van der Waals surface area contributed by atoms with Crippen LogP contribution in [0.2, 0.25) is 0 Å². The fourth-order valence-corrected chi connectivity index (χ4v) is 3.27. The second kappa shape index (κ2) is 11.7. The van der Waals surface area contributed by atoms with E-state index >= 15 is 0 Å². The van der Waals surface area contributed by atoms with Crippen LogP contribution in [0.1, 0.15) is 32.3 Å². The number of ether oxygens (including phenoxy) is 2. The van der Waals surface area contributed by atoms with E-state index in [0.717, 1.165) is 5.56 Å². The van der Waals surface area contributed by atoms with E-state index in [1.165, 1.54) is 0 Å². The number of carbonyl (C=O) groups is 2. The Bertz CT molecular complexity index is 1050. The van der Waals surface area contributed by atoms with Gasteiger partial charge in [0.2, 0.25) is 0 Å². The summed E-state index contributed by atoms with van der Waals surface area (Å²) in [5.74, 6) is 0.685. The summed E-state index contributed by atoms with van der Waals surface area (Å²) < 4.78 is 11.7. The lowest BCUT2D eigenvalue weighted by atomic mass is 10.1. The fraction of sp³-hybridized carbons (Fsp3) is 0.259. The summed E-state index contributed by atoms with van der Waals surface area (Å²) in [4.78, 5) is 25.9. The van der Waals surface area contributed by atoms with Crippen LogP contribution in [-0.4, -0.2) is 24.0 Å². The first-order chi connectivity index (χ1) is 16.0. The van der Waals surface area contributed by atoms with E-state index in [1.807, 2.05) is 93.6 Å². The lowest BCUT2D eigenvalue weighted by molar-refractivity contribution is -0.123. The Morgan fingerprint density at radius 1 is 0.697 bits per heavy atom. The third-order valence-corrected chi connectivity index (χ3v) is 5.06. The van der Waals surface area contributed by atoms with Crippen LogP contribution in [0.5, 0.6) is 11.5 Å². The largest absolute Gasteiger partial charge is 0.481 e. The second-order valence-corrected chi connectivity index (χ2v) is 7.68. The molecular weight excluding hydrogens is 416 g/mol. The third-order valence-electron chi connectivity index (χ3n) is 5.06. The zero-order valence-electron chi connectivity index (χ0n) is 19.2. The lowest BCUT2D eigenvalue weighted by Gasteiger charge is -2.21. The smallest absolute Gasteiger partial charge is 0.265 e. The minimum Gasteiger partial charge on any atom is -0.481 e. The van der Waals surface area contributed by atoms with Crippen molar-refractivity contribution >= 4 is 23.2 Å². The summed E-state index contributed by atoms with van der Waals surface area (Å²) in [6.07, 6.45) is -0.336. The highest BCUT2D eigenvalue weighted by molar-refractivity contribution is 6.02. The van der Waals surface area contributed by atoms with Crippen molar-refractivity contribution in [2.45, 2.75) is 45.8 Å². The van der Waals surface area contributed by atoms with Crippen molar-refractivity contribution in [2.24, 2.45) is 0 Å². The normalized spacial score (nSPS) is 12.3. The molecule has 0 aliphatic carbocycles. The number of nitrogens with one attached hydrogen (secondary N) is 2. The first kappa shape index (κ1) is 23.9. The molecule has 0 bridgehead atoms. The molecule has 2 unspecified atom stereocenters. The van der Waals surface area contributed by atoms with Crippen LogP contribution >= 0.6 is 0 Å². The summed E-state index contributed by atoms with van der Waals surface area (Å²) in [6, 6.07) is 23.9. The van der Waals surface area contributed by atoms with Crippen molar-refractivity contribution in [3.05, 3.63) is 84.4 Å². The monoisotopic (exact) mass is 446 g/mol. The van der Waals surface area contributed by atoms with Gasteiger partial charge in [-0.3, -0.25) is 9.59 Å². The molecule has 0 saturated heterocycles. The van der Waals surface area contributed by atoms with Gasteiger partial charge in [-0.05, 0) is 61.7 Å². The van der Waals surface area contributed by atoms with Crippen LogP contribution in [0.25, 0.3) is 0 Å². The van der Waals surface area contributed by atoms with Gasteiger partial charge in [0.1, 0.15) is 11.5 Å². The molecule has 2 atom stereocenters. The Morgan fingerprint density at radius 3 is 1.61 bits per heavy atom. The molecule has 3 aromatic rings. The summed E-state index contributed by atoms with van der Waals surface area (Å²) in [5, 5.41) is 5.82. The molecule has 172 valence electrons. The van der Waals surface area contributed by atoms with Crippen molar-refractivity contribution in [3.63, 3.8) is 0 Å². The third kappa shape index (κ3) is 6.84. The van der Waals surface area contributed by atoms with Crippen LogP contribution in [-0.2, 0) is 9.59 Å². The molecule has 0 radical (unpaired) electrons. The quantitative estimate of drug-likeness (QED) is 0.426. The number of hydrogen-bond acceptors (Lipinski definition) is 4. The van der Waals surface area contributed by atoms with Crippen molar-refractivity contribution < 1.29 is 19.1 Å². The minimum atomic E-state index is -0.665. The van der Waals surface area contributed by atoms with Crippen LogP contribution in [0.4, 0.5) is 11.4 Å². The van der Waals surface area contributed by atoms with Crippen molar-refractivity contribution in [1.29, 1.82) is 0 Å². The van der Waals surface area contributed by atoms with Crippen LogP contribution in [0.3, 0.4) is 0 Å². The Balaban J connectivity index is 1.72. The molecule has 0 spiro atoms. The molecule has 0 aromatic heterocycles. The average Bonchev–Trinajstić information content (AvgIpc) is 2.83. The Hall–Kier alpha value is -3.80. The van der Waals surface area contributed by atoms with Crippen LogP contribution in [0, 0.1) is 6.92 Å². The Labute approximate surface area is 194 Å². The standard InChI is InChI=1S/C27H30N2O4/c1-4-24(32-20-12-8-6-9-13-20)26(30)28-22-17-16-19(3)18-23(22)29-27(31)25(5-2)33-21-14-10-7-11-15-21/h6-18,24-25H,4-5H2,1-3H3,(H,28,30)(H,29,31). The number of aryl methyl sites for hydroxylation is 1. The van der Waals surface area contributed by atoms with E-state index in [1.54, 1.807) is 6.07 Å². The van der Waals surface area contributed by atoms with E-state index in [2.05, 4.69) is 10.6 Å². The number of hydrogen-bond donors (Lipinski definition) is 2. The highest BCUT2D eigenvalue weighted by atomic mass is 16.5. The van der Waals surface area contributed by atoms with Gasteiger partial charge in [0.15, 0.2) is 12.2 Å². The zero-order valence-corrected chi connectivity index (χ0v) is 19.2. The molecule has 6 heteroatoms. The van der Waals surface area contributed by atoms with E-state index in [4.69, 9.17) is 9.47 Å². The topological polar surface area (TPSA) is 76.7 Å². The summed E-state index contributed by atoms with van der Waals surface area (Å²) >= 11 is 0. The SMILES string of the molecule is CCC(Oc1ccccc1)C(=O)Nc1ccc(C)cc1NC(=O)C(CC)Oc1ccccc1. The number of anilines is 2. The van der Waals surface area contributed by atoms with E-state index in [9.17, 15) is 9.59 Å². The maximum atomic E-state index is 13.0. The highest BCUT2D eigenvalue weighted by Crippen LogP contribution is 2.25. The predicted molar refractivity (Wildman–Crippen MR) is 131 cm³/mol. The van der Waals surface area contributed by atoms with Gasteiger partial charge in [-0.25, -0.2) is 0 Å². The average molecular weight is 447 g/mol. The summed E-state index contributed by atoms with van der Waals surface area (Å²) in [6.45, 7) is 5.70. The lowest BCUT2D eigenvalue weighted by Crippen LogP contribution is -2.34. The van der Waals surface area contributed by atoms with Gasteiger partial charge >= 0.3 is 0 Å². The molecule has 2 amide bonds.